The summed E-state index contributed by atoms with van der Waals surface area (Å²) < 4.78 is 21.4. The van der Waals surface area contributed by atoms with E-state index in [9.17, 15) is 9.59 Å². The SMILES string of the molecule is Cc1cn([C@H]2C[C@H](O[Si](C)(C)C(C)(C)C)[C@@H](C(C)O[Si](C)(C)C(C)(C)C)O2)c(=O)[nH]c1=O. The first-order chi connectivity index (χ1) is 14.3. The van der Waals surface area contributed by atoms with Crippen LogP contribution in [-0.4, -0.2) is 44.5 Å². The van der Waals surface area contributed by atoms with Gasteiger partial charge in [-0.1, -0.05) is 41.5 Å². The standard InChI is InChI=1S/C23H44N2O5Si2/c1-15-14-25(21(27)24-20(15)26)18-13-17(30-32(11,12)23(6,7)8)19(28-18)16(2)29-31(9,10)22(3,4)5/h14,16-19H,13H2,1-12H3,(H,24,26,27)/t16?,17-,18+,19+/m0/s1. The van der Waals surface area contributed by atoms with Crippen LogP contribution in [0.2, 0.25) is 36.3 Å². The fourth-order valence-electron chi connectivity index (χ4n) is 3.43. The van der Waals surface area contributed by atoms with Gasteiger partial charge in [-0.15, -0.1) is 0 Å². The Morgan fingerprint density at radius 3 is 2.09 bits per heavy atom. The van der Waals surface area contributed by atoms with E-state index in [0.29, 0.717) is 12.0 Å². The van der Waals surface area contributed by atoms with E-state index in [0.717, 1.165) is 0 Å². The topological polar surface area (TPSA) is 82.6 Å². The van der Waals surface area contributed by atoms with Gasteiger partial charge in [-0.3, -0.25) is 14.3 Å². The predicted molar refractivity (Wildman–Crippen MR) is 134 cm³/mol. The lowest BCUT2D eigenvalue weighted by molar-refractivity contribution is -0.0707. The quantitative estimate of drug-likeness (QED) is 0.579. The summed E-state index contributed by atoms with van der Waals surface area (Å²) in [6, 6.07) is 0. The second-order valence-corrected chi connectivity index (χ2v) is 21.8. The van der Waals surface area contributed by atoms with E-state index in [1.54, 1.807) is 13.1 Å². The van der Waals surface area contributed by atoms with Crippen molar-refractivity contribution in [1.29, 1.82) is 0 Å². The number of nitrogens with zero attached hydrogens (tertiary/aromatic N) is 1. The highest BCUT2D eigenvalue weighted by Crippen LogP contribution is 2.43. The molecule has 2 heterocycles. The molecule has 1 aromatic rings. The molecule has 1 unspecified atom stereocenters. The van der Waals surface area contributed by atoms with Crippen molar-refractivity contribution >= 4 is 16.6 Å². The van der Waals surface area contributed by atoms with Gasteiger partial charge in [0.15, 0.2) is 16.6 Å². The normalized spacial score (nSPS) is 24.1. The van der Waals surface area contributed by atoms with Crippen LogP contribution in [0.1, 0.15) is 66.7 Å². The predicted octanol–water partition coefficient (Wildman–Crippen LogP) is 4.93. The van der Waals surface area contributed by atoms with Gasteiger partial charge in [-0.2, -0.15) is 0 Å². The van der Waals surface area contributed by atoms with Crippen LogP contribution in [0.5, 0.6) is 0 Å². The molecule has 1 N–H and O–H groups in total. The highest BCUT2D eigenvalue weighted by atomic mass is 28.4. The molecule has 0 aliphatic carbocycles. The maximum atomic E-state index is 12.5. The van der Waals surface area contributed by atoms with Gasteiger partial charge in [-0.25, -0.2) is 4.79 Å². The summed E-state index contributed by atoms with van der Waals surface area (Å²) in [5, 5.41) is 0.118. The van der Waals surface area contributed by atoms with Gasteiger partial charge in [0.05, 0.1) is 12.2 Å². The van der Waals surface area contributed by atoms with Gasteiger partial charge in [0.1, 0.15) is 12.3 Å². The maximum Gasteiger partial charge on any atom is 0.330 e. The molecule has 2 rings (SSSR count). The molecule has 0 bridgehead atoms. The second-order valence-electron chi connectivity index (χ2n) is 12.3. The van der Waals surface area contributed by atoms with Gasteiger partial charge in [0.25, 0.3) is 5.56 Å². The lowest BCUT2D eigenvalue weighted by Gasteiger charge is -2.42. The van der Waals surface area contributed by atoms with Gasteiger partial charge < -0.3 is 13.6 Å². The van der Waals surface area contributed by atoms with Gasteiger partial charge in [0, 0.05) is 18.2 Å². The lowest BCUT2D eigenvalue weighted by Crippen LogP contribution is -2.51. The van der Waals surface area contributed by atoms with Crippen molar-refractivity contribution in [2.24, 2.45) is 0 Å². The average Bonchev–Trinajstić information content (AvgIpc) is 2.98. The first-order valence-corrected chi connectivity index (χ1v) is 17.4. The van der Waals surface area contributed by atoms with Crippen LogP contribution in [0.25, 0.3) is 0 Å². The fourth-order valence-corrected chi connectivity index (χ4v) is 6.19. The molecule has 0 radical (unpaired) electrons. The van der Waals surface area contributed by atoms with E-state index in [-0.39, 0.29) is 33.9 Å². The molecule has 9 heteroatoms. The smallest absolute Gasteiger partial charge is 0.330 e. The third-order valence-electron chi connectivity index (χ3n) is 7.57. The first kappa shape index (κ1) is 27.2. The molecule has 0 aromatic carbocycles. The zero-order valence-corrected chi connectivity index (χ0v) is 24.1. The summed E-state index contributed by atoms with van der Waals surface area (Å²) in [6.45, 7) is 26.0. The molecule has 1 aliphatic heterocycles. The van der Waals surface area contributed by atoms with E-state index >= 15 is 0 Å². The number of rotatable bonds is 6. The molecule has 1 aliphatic rings. The first-order valence-electron chi connectivity index (χ1n) is 11.6. The van der Waals surface area contributed by atoms with E-state index in [1.165, 1.54) is 4.57 Å². The van der Waals surface area contributed by atoms with Crippen molar-refractivity contribution in [1.82, 2.24) is 9.55 Å². The number of aromatic nitrogens is 2. The number of hydrogen-bond acceptors (Lipinski definition) is 5. The van der Waals surface area contributed by atoms with Crippen molar-refractivity contribution in [3.05, 3.63) is 32.6 Å². The van der Waals surface area contributed by atoms with Gasteiger partial charge >= 0.3 is 5.69 Å². The minimum absolute atomic E-state index is 0.0462. The number of H-pyrrole nitrogens is 1. The Kier molecular flexibility index (Phi) is 7.64. The zero-order chi connectivity index (χ0) is 24.9. The van der Waals surface area contributed by atoms with E-state index in [4.69, 9.17) is 13.6 Å². The van der Waals surface area contributed by atoms with Gasteiger partial charge in [0.2, 0.25) is 0 Å². The van der Waals surface area contributed by atoms with Crippen LogP contribution < -0.4 is 11.2 Å². The molecule has 0 saturated carbocycles. The molecular formula is C23H44N2O5Si2. The molecule has 0 spiro atoms. The number of aromatic amines is 1. The maximum absolute atomic E-state index is 12.5. The summed E-state index contributed by atoms with van der Waals surface area (Å²) in [6.07, 6.45) is 0.922. The van der Waals surface area contributed by atoms with Crippen LogP contribution >= 0.6 is 0 Å². The molecule has 32 heavy (non-hydrogen) atoms. The average molecular weight is 485 g/mol. The van der Waals surface area contributed by atoms with Crippen LogP contribution in [-0.2, 0) is 13.6 Å². The fraction of sp³-hybridized carbons (Fsp3) is 0.826. The van der Waals surface area contributed by atoms with Crippen molar-refractivity contribution in [3.8, 4) is 0 Å². The summed E-state index contributed by atoms with van der Waals surface area (Å²) in [7, 11) is -4.12. The third-order valence-corrected chi connectivity index (χ3v) is 16.7. The molecule has 7 nitrogen and oxygen atoms in total. The largest absolute Gasteiger partial charge is 0.411 e. The van der Waals surface area contributed by atoms with Crippen molar-refractivity contribution < 1.29 is 13.6 Å². The summed E-state index contributed by atoms with van der Waals surface area (Å²) in [5.41, 5.74) is -0.358. The molecule has 4 atom stereocenters. The molecule has 1 fully saturated rings. The van der Waals surface area contributed by atoms with E-state index in [1.807, 2.05) is 0 Å². The number of nitrogens with one attached hydrogen (secondary N) is 1. The Balaban J connectivity index is 2.40. The number of aryl methyl sites for hydroxylation is 1. The van der Waals surface area contributed by atoms with Crippen LogP contribution in [0.15, 0.2) is 15.8 Å². The number of hydrogen-bond donors (Lipinski definition) is 1. The highest BCUT2D eigenvalue weighted by Gasteiger charge is 2.49. The minimum Gasteiger partial charge on any atom is -0.411 e. The molecular weight excluding hydrogens is 440 g/mol. The van der Waals surface area contributed by atoms with Gasteiger partial charge in [-0.05, 0) is 50.1 Å². The highest BCUT2D eigenvalue weighted by molar-refractivity contribution is 6.74. The van der Waals surface area contributed by atoms with Crippen molar-refractivity contribution in [3.63, 3.8) is 0 Å². The Hall–Kier alpha value is -1.01. The minimum atomic E-state index is -2.09. The molecule has 0 amide bonds. The summed E-state index contributed by atoms with van der Waals surface area (Å²) in [4.78, 5) is 26.8. The van der Waals surface area contributed by atoms with Crippen molar-refractivity contribution in [2.75, 3.05) is 0 Å². The van der Waals surface area contributed by atoms with Crippen LogP contribution in [0, 0.1) is 6.92 Å². The number of ether oxygens (including phenoxy) is 1. The Morgan fingerprint density at radius 1 is 1.06 bits per heavy atom. The third kappa shape index (κ3) is 5.73. The van der Waals surface area contributed by atoms with Crippen LogP contribution in [0.4, 0.5) is 0 Å². The molecule has 184 valence electrons. The lowest BCUT2D eigenvalue weighted by atomic mass is 10.1. The van der Waals surface area contributed by atoms with Crippen molar-refractivity contribution in [2.45, 2.75) is 123 Å². The Morgan fingerprint density at radius 2 is 1.59 bits per heavy atom. The molecule has 1 aromatic heterocycles. The Bertz CT molecular complexity index is 924. The zero-order valence-electron chi connectivity index (χ0n) is 22.1. The monoisotopic (exact) mass is 484 g/mol. The summed E-state index contributed by atoms with van der Waals surface area (Å²) >= 11 is 0. The van der Waals surface area contributed by atoms with E-state index < -0.39 is 28.6 Å². The Labute approximate surface area is 195 Å². The summed E-state index contributed by atoms with van der Waals surface area (Å²) in [5.74, 6) is 0. The van der Waals surface area contributed by atoms with Crippen LogP contribution in [0.3, 0.4) is 0 Å². The molecule has 1 saturated heterocycles. The van der Waals surface area contributed by atoms with E-state index in [2.05, 4.69) is 79.6 Å². The second kappa shape index (κ2) is 8.98.